The van der Waals surface area contributed by atoms with Crippen molar-refractivity contribution in [2.24, 2.45) is 11.8 Å². The summed E-state index contributed by atoms with van der Waals surface area (Å²) < 4.78 is 0. The monoisotopic (exact) mass is 236 g/mol. The summed E-state index contributed by atoms with van der Waals surface area (Å²) >= 11 is 0. The Kier molecular flexibility index (Phi) is 3.20. The fourth-order valence-electron chi connectivity index (χ4n) is 3.55. The Morgan fingerprint density at radius 1 is 1.24 bits per heavy atom. The van der Waals surface area contributed by atoms with Crippen molar-refractivity contribution < 1.29 is 0 Å². The first kappa shape index (κ1) is 12.0. The lowest BCUT2D eigenvalue weighted by atomic mass is 9.88. The minimum Gasteiger partial charge on any atom is -0.311 e. The highest BCUT2D eigenvalue weighted by atomic mass is 15.3. The predicted molar refractivity (Wildman–Crippen MR) is 72.1 cm³/mol. The maximum Gasteiger partial charge on any atom is 0.0334 e. The average molecular weight is 236 g/mol. The summed E-state index contributed by atoms with van der Waals surface area (Å²) in [5.74, 6) is 2.02. The fourth-order valence-corrected chi connectivity index (χ4v) is 3.55. The standard InChI is InChI=1S/C15H28N2/c1-3-4-14-10-17(9-12-5-6-12)15(2,11-16-14)13-7-8-13/h12-14,16H,3-11H2,1-2H3. The van der Waals surface area contributed by atoms with Crippen molar-refractivity contribution in [1.29, 1.82) is 0 Å². The molecular formula is C15H28N2. The van der Waals surface area contributed by atoms with Crippen LogP contribution in [0.2, 0.25) is 0 Å². The molecule has 2 heteroatoms. The van der Waals surface area contributed by atoms with E-state index in [1.807, 2.05) is 0 Å². The first-order chi connectivity index (χ1) is 8.22. The third kappa shape index (κ3) is 2.53. The fraction of sp³-hybridized carbons (Fsp3) is 1.00. The molecule has 1 N–H and O–H groups in total. The van der Waals surface area contributed by atoms with Crippen LogP contribution >= 0.6 is 0 Å². The van der Waals surface area contributed by atoms with Gasteiger partial charge in [-0.25, -0.2) is 0 Å². The van der Waals surface area contributed by atoms with Crippen LogP contribution in [0.5, 0.6) is 0 Å². The van der Waals surface area contributed by atoms with Gasteiger partial charge in [-0.3, -0.25) is 4.90 Å². The summed E-state index contributed by atoms with van der Waals surface area (Å²) in [4.78, 5) is 2.86. The number of nitrogens with one attached hydrogen (secondary N) is 1. The molecule has 0 spiro atoms. The third-order valence-corrected chi connectivity index (χ3v) is 5.18. The van der Waals surface area contributed by atoms with Crippen LogP contribution in [0.1, 0.15) is 52.4 Å². The smallest absolute Gasteiger partial charge is 0.0334 e. The van der Waals surface area contributed by atoms with E-state index >= 15 is 0 Å². The molecule has 0 amide bonds. The van der Waals surface area contributed by atoms with E-state index in [1.165, 1.54) is 58.2 Å². The lowest BCUT2D eigenvalue weighted by molar-refractivity contribution is 0.0292. The minimum absolute atomic E-state index is 0.479. The summed E-state index contributed by atoms with van der Waals surface area (Å²) in [6.45, 7) is 8.74. The van der Waals surface area contributed by atoms with E-state index < -0.39 is 0 Å². The summed E-state index contributed by atoms with van der Waals surface area (Å²) in [5.41, 5.74) is 0.479. The van der Waals surface area contributed by atoms with Gasteiger partial charge in [0.2, 0.25) is 0 Å². The van der Waals surface area contributed by atoms with E-state index in [4.69, 9.17) is 0 Å². The molecule has 3 fully saturated rings. The zero-order chi connectivity index (χ0) is 11.9. The molecule has 0 aromatic rings. The number of hydrogen-bond acceptors (Lipinski definition) is 2. The van der Waals surface area contributed by atoms with E-state index in [0.29, 0.717) is 5.54 Å². The molecule has 2 nitrogen and oxygen atoms in total. The second-order valence-electron chi connectivity index (χ2n) is 6.85. The van der Waals surface area contributed by atoms with Crippen LogP contribution < -0.4 is 5.32 Å². The van der Waals surface area contributed by atoms with Gasteiger partial charge >= 0.3 is 0 Å². The lowest BCUT2D eigenvalue weighted by Gasteiger charge is -2.49. The van der Waals surface area contributed by atoms with Gasteiger partial charge < -0.3 is 5.32 Å². The van der Waals surface area contributed by atoms with Crippen LogP contribution in [-0.4, -0.2) is 36.1 Å². The normalized spacial score (nSPS) is 39.5. The second-order valence-corrected chi connectivity index (χ2v) is 6.85. The molecule has 0 aromatic heterocycles. The van der Waals surface area contributed by atoms with Gasteiger partial charge in [-0.05, 0) is 50.9 Å². The zero-order valence-corrected chi connectivity index (χ0v) is 11.5. The van der Waals surface area contributed by atoms with Crippen LogP contribution in [0.4, 0.5) is 0 Å². The highest BCUT2D eigenvalue weighted by Gasteiger charge is 2.48. The van der Waals surface area contributed by atoms with Crippen LogP contribution in [-0.2, 0) is 0 Å². The van der Waals surface area contributed by atoms with Crippen LogP contribution in [0, 0.1) is 11.8 Å². The largest absolute Gasteiger partial charge is 0.311 e. The predicted octanol–water partition coefficient (Wildman–Crippen LogP) is 2.64. The summed E-state index contributed by atoms with van der Waals surface area (Å²) in [6, 6.07) is 0.755. The van der Waals surface area contributed by atoms with Crippen molar-refractivity contribution in [3.05, 3.63) is 0 Å². The Balaban J connectivity index is 1.65. The molecule has 0 aromatic carbocycles. The number of nitrogens with zero attached hydrogens (tertiary/aromatic N) is 1. The number of piperazine rings is 1. The van der Waals surface area contributed by atoms with Gasteiger partial charge in [-0.2, -0.15) is 0 Å². The number of rotatable bonds is 5. The topological polar surface area (TPSA) is 15.3 Å². The first-order valence-corrected chi connectivity index (χ1v) is 7.71. The number of hydrogen-bond donors (Lipinski definition) is 1. The molecule has 2 atom stereocenters. The molecule has 2 aliphatic carbocycles. The van der Waals surface area contributed by atoms with E-state index in [9.17, 15) is 0 Å². The molecule has 98 valence electrons. The maximum atomic E-state index is 3.81. The summed E-state index contributed by atoms with van der Waals surface area (Å²) in [7, 11) is 0. The molecule has 1 saturated heterocycles. The molecule has 0 radical (unpaired) electrons. The second kappa shape index (κ2) is 4.55. The average Bonchev–Trinajstić information content (AvgIpc) is 3.16. The SMILES string of the molecule is CCCC1CN(CC2CC2)C(C)(C2CC2)CN1. The van der Waals surface area contributed by atoms with Gasteiger partial charge in [0.15, 0.2) is 0 Å². The Labute approximate surface area is 106 Å². The summed E-state index contributed by atoms with van der Waals surface area (Å²) in [6.07, 6.45) is 8.58. The van der Waals surface area contributed by atoms with Crippen LogP contribution in [0.3, 0.4) is 0 Å². The van der Waals surface area contributed by atoms with Gasteiger partial charge in [0, 0.05) is 31.2 Å². The van der Waals surface area contributed by atoms with Crippen molar-refractivity contribution in [3.63, 3.8) is 0 Å². The van der Waals surface area contributed by atoms with E-state index in [2.05, 4.69) is 24.1 Å². The van der Waals surface area contributed by atoms with Crippen LogP contribution in [0.25, 0.3) is 0 Å². The molecule has 1 heterocycles. The highest BCUT2D eigenvalue weighted by Crippen LogP contribution is 2.45. The van der Waals surface area contributed by atoms with Crippen molar-refractivity contribution in [2.45, 2.75) is 64.0 Å². The van der Waals surface area contributed by atoms with Gasteiger partial charge in [-0.15, -0.1) is 0 Å². The molecular weight excluding hydrogens is 208 g/mol. The van der Waals surface area contributed by atoms with E-state index in [-0.39, 0.29) is 0 Å². The molecule has 3 rings (SSSR count). The Morgan fingerprint density at radius 3 is 2.59 bits per heavy atom. The van der Waals surface area contributed by atoms with E-state index in [0.717, 1.165) is 17.9 Å². The van der Waals surface area contributed by atoms with Crippen molar-refractivity contribution >= 4 is 0 Å². The van der Waals surface area contributed by atoms with Gasteiger partial charge in [0.05, 0.1) is 0 Å². The third-order valence-electron chi connectivity index (χ3n) is 5.18. The Morgan fingerprint density at radius 2 is 2.00 bits per heavy atom. The van der Waals surface area contributed by atoms with Gasteiger partial charge in [-0.1, -0.05) is 13.3 Å². The molecule has 2 unspecified atom stereocenters. The first-order valence-electron chi connectivity index (χ1n) is 7.71. The van der Waals surface area contributed by atoms with Gasteiger partial charge in [0.25, 0.3) is 0 Å². The van der Waals surface area contributed by atoms with E-state index in [1.54, 1.807) is 0 Å². The van der Waals surface area contributed by atoms with Crippen molar-refractivity contribution in [2.75, 3.05) is 19.6 Å². The molecule has 0 bridgehead atoms. The summed E-state index contributed by atoms with van der Waals surface area (Å²) in [5, 5.41) is 3.81. The highest BCUT2D eigenvalue weighted by molar-refractivity contribution is 5.05. The minimum atomic E-state index is 0.479. The quantitative estimate of drug-likeness (QED) is 0.789. The molecule has 1 aliphatic heterocycles. The molecule has 3 aliphatic rings. The van der Waals surface area contributed by atoms with Crippen molar-refractivity contribution in [1.82, 2.24) is 10.2 Å². The zero-order valence-electron chi connectivity index (χ0n) is 11.5. The molecule has 2 saturated carbocycles. The Bertz CT molecular complexity index is 270. The van der Waals surface area contributed by atoms with Crippen LogP contribution in [0.15, 0.2) is 0 Å². The van der Waals surface area contributed by atoms with Crippen molar-refractivity contribution in [3.8, 4) is 0 Å². The lowest BCUT2D eigenvalue weighted by Crippen LogP contribution is -2.64. The van der Waals surface area contributed by atoms with Gasteiger partial charge in [0.1, 0.15) is 0 Å². The Hall–Kier alpha value is -0.0800. The maximum absolute atomic E-state index is 3.81. The molecule has 17 heavy (non-hydrogen) atoms.